The molecule has 4 N–H and O–H groups in total. The zero-order chi connectivity index (χ0) is 18.7. The van der Waals surface area contributed by atoms with Crippen molar-refractivity contribution in [2.75, 3.05) is 5.73 Å². The predicted molar refractivity (Wildman–Crippen MR) is 106 cm³/mol. The van der Waals surface area contributed by atoms with E-state index in [1.807, 2.05) is 38.1 Å². The van der Waals surface area contributed by atoms with Crippen LogP contribution in [0.5, 0.6) is 0 Å². The third-order valence-electron chi connectivity index (χ3n) is 4.94. The smallest absolute Gasteiger partial charge is 0.0681 e. The first-order valence-corrected chi connectivity index (χ1v) is 8.79. The second-order valence-electron chi connectivity index (χ2n) is 6.80. The molecule has 0 amide bonds. The molecule has 0 heterocycles. The Morgan fingerprint density at radius 2 is 1.08 bits per heavy atom. The van der Waals surface area contributed by atoms with Crippen molar-refractivity contribution in [1.82, 2.24) is 0 Å². The van der Waals surface area contributed by atoms with Gasteiger partial charge in [-0.25, -0.2) is 0 Å². The molecule has 0 bridgehead atoms. The summed E-state index contributed by atoms with van der Waals surface area (Å²) in [4.78, 5) is 0. The zero-order valence-corrected chi connectivity index (χ0v) is 15.2. The van der Waals surface area contributed by atoms with Gasteiger partial charge in [0.15, 0.2) is 0 Å². The number of nitrogen functional groups attached to an aromatic ring is 1. The third-order valence-corrected chi connectivity index (χ3v) is 4.94. The van der Waals surface area contributed by atoms with Gasteiger partial charge in [-0.3, -0.25) is 0 Å². The van der Waals surface area contributed by atoms with E-state index < -0.39 is 0 Å². The monoisotopic (exact) mass is 347 g/mol. The molecule has 0 aliphatic rings. The first-order valence-electron chi connectivity index (χ1n) is 8.79. The first-order chi connectivity index (χ1) is 12.5. The van der Waals surface area contributed by atoms with Crippen molar-refractivity contribution in [2.45, 2.75) is 33.0 Å². The van der Waals surface area contributed by atoms with Crippen LogP contribution in [0.4, 0.5) is 5.69 Å². The van der Waals surface area contributed by atoms with Crippen LogP contribution in [0.25, 0.3) is 0 Å². The molecule has 0 radical (unpaired) electrons. The van der Waals surface area contributed by atoms with Crippen LogP contribution in [0, 0.1) is 13.8 Å². The van der Waals surface area contributed by atoms with Gasteiger partial charge in [-0.15, -0.1) is 0 Å². The van der Waals surface area contributed by atoms with Crippen LogP contribution >= 0.6 is 0 Å². The number of aliphatic hydroxyl groups excluding tert-OH is 2. The van der Waals surface area contributed by atoms with Gasteiger partial charge < -0.3 is 15.9 Å². The van der Waals surface area contributed by atoms with Crippen LogP contribution in [-0.2, 0) is 13.2 Å². The number of rotatable bonds is 5. The number of aryl methyl sites for hydroxylation is 2. The maximum Gasteiger partial charge on any atom is 0.0681 e. The molecule has 3 aromatic carbocycles. The summed E-state index contributed by atoms with van der Waals surface area (Å²) in [6.45, 7) is 4.14. The number of hydrogen-bond donors (Lipinski definition) is 3. The lowest BCUT2D eigenvalue weighted by molar-refractivity contribution is 0.281. The Kier molecular flexibility index (Phi) is 5.40. The summed E-state index contributed by atoms with van der Waals surface area (Å²) in [5.74, 6) is 0.0634. The topological polar surface area (TPSA) is 66.5 Å². The molecule has 3 rings (SSSR count). The van der Waals surface area contributed by atoms with Crippen LogP contribution in [0.2, 0.25) is 0 Å². The molecular weight excluding hydrogens is 322 g/mol. The molecular formula is C23H25NO2. The largest absolute Gasteiger partial charge is 0.398 e. The van der Waals surface area contributed by atoms with E-state index >= 15 is 0 Å². The van der Waals surface area contributed by atoms with E-state index in [2.05, 4.69) is 36.4 Å². The minimum atomic E-state index is 0.0379. The van der Waals surface area contributed by atoms with Crippen molar-refractivity contribution in [1.29, 1.82) is 0 Å². The highest BCUT2D eigenvalue weighted by Crippen LogP contribution is 2.35. The molecule has 0 unspecified atom stereocenters. The predicted octanol–water partition coefficient (Wildman–Crippen LogP) is 4.05. The van der Waals surface area contributed by atoms with E-state index in [9.17, 15) is 10.2 Å². The average molecular weight is 347 g/mol. The third kappa shape index (κ3) is 3.64. The lowest BCUT2D eigenvalue weighted by Crippen LogP contribution is -2.06. The molecule has 0 saturated carbocycles. The van der Waals surface area contributed by atoms with Gasteiger partial charge in [0, 0.05) is 11.6 Å². The van der Waals surface area contributed by atoms with Gasteiger partial charge in [0.2, 0.25) is 0 Å². The number of anilines is 1. The fourth-order valence-electron chi connectivity index (χ4n) is 3.38. The normalized spacial score (nSPS) is 11.1. The number of aliphatic hydroxyl groups is 2. The SMILES string of the molecule is Cc1cc(C(c2ccc(CO)cc2)c2ccc(CO)cc2)cc(C)c1N. The molecule has 0 atom stereocenters. The number of benzene rings is 3. The van der Waals surface area contributed by atoms with Crippen molar-refractivity contribution in [2.24, 2.45) is 0 Å². The van der Waals surface area contributed by atoms with Crippen LogP contribution < -0.4 is 5.73 Å². The molecule has 26 heavy (non-hydrogen) atoms. The maximum atomic E-state index is 9.32. The number of nitrogens with two attached hydrogens (primary N) is 1. The Bertz CT molecular complexity index is 813. The van der Waals surface area contributed by atoms with Crippen molar-refractivity contribution < 1.29 is 10.2 Å². The summed E-state index contributed by atoms with van der Waals surface area (Å²) in [6, 6.07) is 20.4. The summed E-state index contributed by atoms with van der Waals surface area (Å²) < 4.78 is 0. The van der Waals surface area contributed by atoms with Gasteiger partial charge in [0.1, 0.15) is 0 Å². The lowest BCUT2D eigenvalue weighted by atomic mass is 9.83. The highest BCUT2D eigenvalue weighted by atomic mass is 16.3. The summed E-state index contributed by atoms with van der Waals surface area (Å²) in [5.41, 5.74) is 14.4. The van der Waals surface area contributed by atoms with Crippen molar-refractivity contribution >= 4 is 5.69 Å². The summed E-state index contributed by atoms with van der Waals surface area (Å²) in [6.07, 6.45) is 0. The Morgan fingerprint density at radius 1 is 0.692 bits per heavy atom. The van der Waals surface area contributed by atoms with Gasteiger partial charge in [-0.05, 0) is 52.8 Å². The van der Waals surface area contributed by atoms with Crippen molar-refractivity contribution in [3.05, 3.63) is 99.6 Å². The van der Waals surface area contributed by atoms with Gasteiger partial charge in [0.25, 0.3) is 0 Å². The van der Waals surface area contributed by atoms with Crippen LogP contribution in [0.15, 0.2) is 60.7 Å². The van der Waals surface area contributed by atoms with E-state index in [-0.39, 0.29) is 19.1 Å². The van der Waals surface area contributed by atoms with Crippen LogP contribution in [-0.4, -0.2) is 10.2 Å². The minimum absolute atomic E-state index is 0.0379. The van der Waals surface area contributed by atoms with E-state index in [0.717, 1.165) is 39.1 Å². The van der Waals surface area contributed by atoms with Crippen molar-refractivity contribution in [3.8, 4) is 0 Å². The molecule has 3 aromatic rings. The van der Waals surface area contributed by atoms with E-state index in [0.29, 0.717) is 0 Å². The standard InChI is InChI=1S/C23H25NO2/c1-15-11-21(12-16(2)23(15)24)22(19-7-3-17(13-25)4-8-19)20-9-5-18(14-26)6-10-20/h3-12,22,25-26H,13-14,24H2,1-2H3. The highest BCUT2D eigenvalue weighted by molar-refractivity contribution is 5.57. The second kappa shape index (κ2) is 7.73. The van der Waals surface area contributed by atoms with E-state index in [1.165, 1.54) is 5.56 Å². The molecule has 0 saturated heterocycles. The fourth-order valence-corrected chi connectivity index (χ4v) is 3.38. The maximum absolute atomic E-state index is 9.32. The molecule has 0 aromatic heterocycles. The quantitative estimate of drug-likeness (QED) is 0.482. The minimum Gasteiger partial charge on any atom is -0.398 e. The van der Waals surface area contributed by atoms with E-state index in [4.69, 9.17) is 5.73 Å². The summed E-state index contributed by atoms with van der Waals surface area (Å²) >= 11 is 0. The first kappa shape index (κ1) is 18.2. The average Bonchev–Trinajstić information content (AvgIpc) is 2.67. The summed E-state index contributed by atoms with van der Waals surface area (Å²) in [7, 11) is 0. The van der Waals surface area contributed by atoms with Gasteiger partial charge in [0.05, 0.1) is 13.2 Å². The van der Waals surface area contributed by atoms with Crippen molar-refractivity contribution in [3.63, 3.8) is 0 Å². The number of hydrogen-bond acceptors (Lipinski definition) is 3. The Hall–Kier alpha value is -2.62. The summed E-state index contributed by atoms with van der Waals surface area (Å²) in [5, 5.41) is 18.6. The Balaban J connectivity index is 2.14. The van der Waals surface area contributed by atoms with Gasteiger partial charge in [-0.1, -0.05) is 60.7 Å². The molecule has 3 heteroatoms. The molecule has 3 nitrogen and oxygen atoms in total. The molecule has 0 aliphatic carbocycles. The molecule has 0 fully saturated rings. The lowest BCUT2D eigenvalue weighted by Gasteiger charge is -2.21. The molecule has 0 spiro atoms. The van der Waals surface area contributed by atoms with E-state index in [1.54, 1.807) is 0 Å². The highest BCUT2D eigenvalue weighted by Gasteiger charge is 2.18. The van der Waals surface area contributed by atoms with Crippen LogP contribution in [0.1, 0.15) is 44.9 Å². The zero-order valence-electron chi connectivity index (χ0n) is 15.2. The van der Waals surface area contributed by atoms with Gasteiger partial charge >= 0.3 is 0 Å². The molecule has 134 valence electrons. The Labute approximate surface area is 154 Å². The molecule has 0 aliphatic heterocycles. The van der Waals surface area contributed by atoms with Crippen LogP contribution in [0.3, 0.4) is 0 Å². The Morgan fingerprint density at radius 3 is 1.42 bits per heavy atom. The fraction of sp³-hybridized carbons (Fsp3) is 0.217. The second-order valence-corrected chi connectivity index (χ2v) is 6.80. The van der Waals surface area contributed by atoms with Gasteiger partial charge in [-0.2, -0.15) is 0 Å².